The van der Waals surface area contributed by atoms with E-state index in [0.29, 0.717) is 44.8 Å². The molecule has 3 rings (SSSR count). The molecule has 0 saturated carbocycles. The van der Waals surface area contributed by atoms with Crippen molar-refractivity contribution < 1.29 is 18.0 Å². The first-order chi connectivity index (χ1) is 19.5. The fourth-order valence-corrected chi connectivity index (χ4v) is 6.42. The van der Waals surface area contributed by atoms with Crippen LogP contribution in [0.2, 0.25) is 15.1 Å². The van der Waals surface area contributed by atoms with Crippen molar-refractivity contribution in [3.8, 4) is 0 Å². The van der Waals surface area contributed by atoms with Crippen LogP contribution < -0.4 is 9.62 Å². The molecule has 0 saturated heterocycles. The summed E-state index contributed by atoms with van der Waals surface area (Å²) in [4.78, 5) is 28.8. The number of hydrogen-bond acceptors (Lipinski definition) is 4. The van der Waals surface area contributed by atoms with Crippen LogP contribution in [0.1, 0.15) is 44.2 Å². The van der Waals surface area contributed by atoms with Crippen molar-refractivity contribution in [1.29, 1.82) is 0 Å². The molecule has 220 valence electrons. The predicted octanol–water partition coefficient (Wildman–Crippen LogP) is 6.87. The number of para-hydroxylation sites is 1. The molecular formula is C30H34Cl3N3O4S. The van der Waals surface area contributed by atoms with Gasteiger partial charge in [0.1, 0.15) is 12.6 Å². The van der Waals surface area contributed by atoms with Crippen LogP contribution in [0.5, 0.6) is 0 Å². The van der Waals surface area contributed by atoms with E-state index in [0.717, 1.165) is 17.1 Å². The van der Waals surface area contributed by atoms with Crippen molar-refractivity contribution in [2.24, 2.45) is 0 Å². The molecule has 1 unspecified atom stereocenters. The number of nitrogens with zero attached hydrogens (tertiary/aromatic N) is 2. The lowest BCUT2D eigenvalue weighted by Gasteiger charge is -2.33. The number of unbranched alkanes of at least 4 members (excludes halogenated alkanes) is 1. The van der Waals surface area contributed by atoms with Gasteiger partial charge in [0.15, 0.2) is 0 Å². The molecule has 0 spiro atoms. The molecule has 0 bridgehead atoms. The van der Waals surface area contributed by atoms with Crippen molar-refractivity contribution in [2.75, 3.05) is 17.4 Å². The maximum Gasteiger partial charge on any atom is 0.264 e. The Morgan fingerprint density at radius 3 is 2.20 bits per heavy atom. The number of aryl methyl sites for hydroxylation is 1. The first-order valence-electron chi connectivity index (χ1n) is 13.3. The topological polar surface area (TPSA) is 86.8 Å². The summed E-state index contributed by atoms with van der Waals surface area (Å²) < 4.78 is 29.0. The van der Waals surface area contributed by atoms with E-state index < -0.39 is 28.5 Å². The Bertz CT molecular complexity index is 1470. The van der Waals surface area contributed by atoms with Gasteiger partial charge in [0, 0.05) is 28.2 Å². The molecule has 0 heterocycles. The highest BCUT2D eigenvalue weighted by molar-refractivity contribution is 7.92. The van der Waals surface area contributed by atoms with Crippen molar-refractivity contribution >= 4 is 62.3 Å². The van der Waals surface area contributed by atoms with Gasteiger partial charge in [-0.15, -0.1) is 0 Å². The van der Waals surface area contributed by atoms with Gasteiger partial charge in [-0.25, -0.2) is 8.42 Å². The van der Waals surface area contributed by atoms with Crippen molar-refractivity contribution in [1.82, 2.24) is 10.2 Å². The van der Waals surface area contributed by atoms with Crippen LogP contribution in [0.3, 0.4) is 0 Å². The Morgan fingerprint density at radius 2 is 1.59 bits per heavy atom. The zero-order chi connectivity index (χ0) is 30.2. The van der Waals surface area contributed by atoms with Crippen LogP contribution in [0.15, 0.2) is 71.6 Å². The fraction of sp³-hybridized carbons (Fsp3) is 0.333. The van der Waals surface area contributed by atoms with Crippen molar-refractivity contribution in [2.45, 2.75) is 57.5 Å². The summed E-state index contributed by atoms with van der Waals surface area (Å²) in [7, 11) is -4.20. The van der Waals surface area contributed by atoms with Gasteiger partial charge < -0.3 is 10.2 Å². The molecule has 0 radical (unpaired) electrons. The third-order valence-electron chi connectivity index (χ3n) is 6.64. The fourth-order valence-electron chi connectivity index (χ4n) is 4.35. The van der Waals surface area contributed by atoms with Gasteiger partial charge in [-0.1, -0.05) is 79.3 Å². The van der Waals surface area contributed by atoms with Crippen LogP contribution in [0, 0.1) is 6.92 Å². The molecule has 0 fully saturated rings. The van der Waals surface area contributed by atoms with E-state index in [-0.39, 0.29) is 17.3 Å². The summed E-state index contributed by atoms with van der Waals surface area (Å²) in [6, 6.07) is 16.7. The third kappa shape index (κ3) is 8.38. The van der Waals surface area contributed by atoms with Gasteiger partial charge in [0.05, 0.1) is 10.6 Å². The number of anilines is 1. The second-order valence-corrected chi connectivity index (χ2v) is 12.7. The maximum absolute atomic E-state index is 14.1. The number of benzene rings is 3. The molecule has 1 N–H and O–H groups in total. The minimum absolute atomic E-state index is 0.0167. The van der Waals surface area contributed by atoms with Crippen LogP contribution in [0.4, 0.5) is 5.69 Å². The van der Waals surface area contributed by atoms with Crippen molar-refractivity contribution in [3.63, 3.8) is 0 Å². The zero-order valence-electron chi connectivity index (χ0n) is 23.2. The number of rotatable bonds is 13. The predicted molar refractivity (Wildman–Crippen MR) is 166 cm³/mol. The molecule has 0 aromatic heterocycles. The van der Waals surface area contributed by atoms with Gasteiger partial charge >= 0.3 is 0 Å². The minimum Gasteiger partial charge on any atom is -0.354 e. The molecule has 7 nitrogen and oxygen atoms in total. The Hall–Kier alpha value is -2.78. The van der Waals surface area contributed by atoms with E-state index in [1.807, 2.05) is 6.92 Å². The Balaban J connectivity index is 2.07. The number of hydrogen-bond donors (Lipinski definition) is 1. The number of sulfonamides is 1. The molecule has 2 amide bonds. The highest BCUT2D eigenvalue weighted by Crippen LogP contribution is 2.29. The van der Waals surface area contributed by atoms with Crippen molar-refractivity contribution in [3.05, 3.63) is 92.9 Å². The highest BCUT2D eigenvalue weighted by atomic mass is 35.5. The summed E-state index contributed by atoms with van der Waals surface area (Å²) in [5.74, 6) is -0.878. The number of nitrogens with one attached hydrogen (secondary N) is 1. The number of carbonyl (C=O) groups is 2. The molecule has 0 aliphatic heterocycles. The monoisotopic (exact) mass is 637 g/mol. The van der Waals surface area contributed by atoms with Gasteiger partial charge in [0.2, 0.25) is 11.8 Å². The first-order valence-corrected chi connectivity index (χ1v) is 15.9. The SMILES string of the molecule is CCCCNC(=O)C(CC)N(Cc1ccc(Cl)cc1Cl)C(=O)CN(c1ccccc1C)S(=O)(=O)c1ccc(Cl)cc1. The smallest absolute Gasteiger partial charge is 0.264 e. The van der Waals surface area contributed by atoms with E-state index in [2.05, 4.69) is 5.32 Å². The summed E-state index contributed by atoms with van der Waals surface area (Å²) in [6.07, 6.45) is 2.00. The lowest BCUT2D eigenvalue weighted by atomic mass is 10.1. The van der Waals surface area contributed by atoms with E-state index in [1.165, 1.54) is 29.2 Å². The number of halogens is 3. The minimum atomic E-state index is -4.20. The average Bonchev–Trinajstić information content (AvgIpc) is 2.93. The summed E-state index contributed by atoms with van der Waals surface area (Å²) in [5, 5.41) is 4.05. The molecule has 3 aromatic rings. The Labute approximate surface area is 257 Å². The standard InChI is InChI=1S/C30H34Cl3N3O4S/c1-4-6-17-34-30(38)27(5-2)35(19-22-11-12-24(32)18-26(22)33)29(37)20-36(28-10-8-7-9-21(28)3)41(39,40)25-15-13-23(31)14-16-25/h7-16,18,27H,4-6,17,19-20H2,1-3H3,(H,34,38). The first kappa shape index (κ1) is 32.7. The average molecular weight is 639 g/mol. The largest absolute Gasteiger partial charge is 0.354 e. The van der Waals surface area contributed by atoms with Crippen LogP contribution in [-0.4, -0.2) is 44.3 Å². The van der Waals surface area contributed by atoms with Gasteiger partial charge in [-0.05, 0) is 73.4 Å². The lowest BCUT2D eigenvalue weighted by molar-refractivity contribution is -0.140. The Morgan fingerprint density at radius 1 is 0.927 bits per heavy atom. The molecule has 3 aromatic carbocycles. The molecule has 1 atom stereocenters. The molecule has 11 heteroatoms. The molecule has 0 aliphatic carbocycles. The van der Waals surface area contributed by atoms with E-state index in [1.54, 1.807) is 56.3 Å². The summed E-state index contributed by atoms with van der Waals surface area (Å²) in [6.45, 7) is 5.50. The summed E-state index contributed by atoms with van der Waals surface area (Å²) >= 11 is 18.6. The maximum atomic E-state index is 14.1. The van der Waals surface area contributed by atoms with Crippen LogP contribution in [0.25, 0.3) is 0 Å². The van der Waals surface area contributed by atoms with E-state index in [4.69, 9.17) is 34.8 Å². The normalized spacial score (nSPS) is 12.0. The second-order valence-electron chi connectivity index (χ2n) is 9.58. The number of amides is 2. The molecule has 0 aliphatic rings. The van der Waals surface area contributed by atoms with Crippen LogP contribution in [-0.2, 0) is 26.2 Å². The Kier molecular flexibility index (Phi) is 11.9. The lowest BCUT2D eigenvalue weighted by Crippen LogP contribution is -2.52. The van der Waals surface area contributed by atoms with Gasteiger partial charge in [-0.2, -0.15) is 0 Å². The zero-order valence-corrected chi connectivity index (χ0v) is 26.3. The molecular weight excluding hydrogens is 605 g/mol. The molecule has 41 heavy (non-hydrogen) atoms. The quantitative estimate of drug-likeness (QED) is 0.207. The van der Waals surface area contributed by atoms with E-state index >= 15 is 0 Å². The summed E-state index contributed by atoms with van der Waals surface area (Å²) in [5.41, 5.74) is 1.59. The highest BCUT2D eigenvalue weighted by Gasteiger charge is 2.34. The number of carbonyl (C=O) groups excluding carboxylic acids is 2. The van der Waals surface area contributed by atoms with Crippen LogP contribution >= 0.6 is 34.8 Å². The second kappa shape index (κ2) is 14.9. The van der Waals surface area contributed by atoms with Gasteiger partial charge in [-0.3, -0.25) is 13.9 Å². The van der Waals surface area contributed by atoms with Gasteiger partial charge in [0.25, 0.3) is 10.0 Å². The third-order valence-corrected chi connectivity index (χ3v) is 9.25. The van der Waals surface area contributed by atoms with E-state index in [9.17, 15) is 18.0 Å².